The van der Waals surface area contributed by atoms with Gasteiger partial charge in [-0.05, 0) is 63.7 Å². The fourth-order valence-electron chi connectivity index (χ4n) is 3.78. The van der Waals surface area contributed by atoms with E-state index in [1.807, 2.05) is 18.2 Å². The van der Waals surface area contributed by atoms with Gasteiger partial charge in [-0.15, -0.1) is 0 Å². The number of likely N-dealkylation sites (tertiary alicyclic amines) is 2. The predicted octanol–water partition coefficient (Wildman–Crippen LogP) is 3.10. The molecule has 0 radical (unpaired) electrons. The Balaban J connectivity index is 1.37. The van der Waals surface area contributed by atoms with Crippen LogP contribution in [0.3, 0.4) is 0 Å². The van der Waals surface area contributed by atoms with Gasteiger partial charge < -0.3 is 9.64 Å². The third kappa shape index (κ3) is 4.50. The highest BCUT2D eigenvalue weighted by molar-refractivity contribution is 5.79. The Labute approximate surface area is 145 Å². The molecule has 24 heavy (non-hydrogen) atoms. The summed E-state index contributed by atoms with van der Waals surface area (Å²) in [6.07, 6.45) is 5.64. The number of nitrogens with zero attached hydrogens (tertiary/aromatic N) is 2. The second-order valence-corrected chi connectivity index (χ2v) is 7.12. The number of amides is 1. The number of hydrogen-bond acceptors (Lipinski definition) is 3. The highest BCUT2D eigenvalue weighted by Gasteiger charge is 2.28. The highest BCUT2D eigenvalue weighted by atomic mass is 16.5. The molecule has 2 aliphatic rings. The van der Waals surface area contributed by atoms with Crippen molar-refractivity contribution in [1.82, 2.24) is 9.80 Å². The van der Waals surface area contributed by atoms with E-state index >= 15 is 0 Å². The van der Waals surface area contributed by atoms with Crippen LogP contribution < -0.4 is 4.74 Å². The number of benzene rings is 1. The van der Waals surface area contributed by atoms with Gasteiger partial charge >= 0.3 is 0 Å². The quantitative estimate of drug-likeness (QED) is 0.832. The van der Waals surface area contributed by atoms with Crippen LogP contribution in [-0.2, 0) is 4.79 Å². The summed E-state index contributed by atoms with van der Waals surface area (Å²) in [6, 6.07) is 8.15. The summed E-state index contributed by atoms with van der Waals surface area (Å²) in [5.74, 6) is 1.63. The SMILES string of the molecule is Cc1ccccc1OCCN1CCC(C(=O)N2CCCCC2)CC1. The van der Waals surface area contributed by atoms with E-state index in [0.29, 0.717) is 5.91 Å². The van der Waals surface area contributed by atoms with E-state index < -0.39 is 0 Å². The summed E-state index contributed by atoms with van der Waals surface area (Å²) in [5.41, 5.74) is 1.18. The summed E-state index contributed by atoms with van der Waals surface area (Å²) < 4.78 is 5.89. The monoisotopic (exact) mass is 330 g/mol. The second-order valence-electron chi connectivity index (χ2n) is 7.12. The molecule has 1 aromatic carbocycles. The van der Waals surface area contributed by atoms with Crippen LogP contribution in [-0.4, -0.2) is 55.0 Å². The summed E-state index contributed by atoms with van der Waals surface area (Å²) in [7, 11) is 0. The van der Waals surface area contributed by atoms with Crippen LogP contribution in [0.5, 0.6) is 5.75 Å². The molecule has 132 valence electrons. The molecular weight excluding hydrogens is 300 g/mol. The molecule has 3 rings (SSSR count). The van der Waals surface area contributed by atoms with Gasteiger partial charge in [0.15, 0.2) is 0 Å². The largest absolute Gasteiger partial charge is 0.492 e. The molecule has 0 bridgehead atoms. The van der Waals surface area contributed by atoms with Crippen molar-refractivity contribution < 1.29 is 9.53 Å². The van der Waals surface area contributed by atoms with Crippen LogP contribution in [0.15, 0.2) is 24.3 Å². The molecule has 2 aliphatic heterocycles. The molecule has 2 fully saturated rings. The smallest absolute Gasteiger partial charge is 0.225 e. The summed E-state index contributed by atoms with van der Waals surface area (Å²) in [6.45, 7) is 7.72. The van der Waals surface area contributed by atoms with E-state index in [4.69, 9.17) is 4.74 Å². The molecular formula is C20H30N2O2. The number of rotatable bonds is 5. The Morgan fingerprint density at radius 3 is 2.50 bits per heavy atom. The van der Waals surface area contributed by atoms with Crippen LogP contribution in [0.1, 0.15) is 37.7 Å². The molecule has 1 amide bonds. The first-order valence-electron chi connectivity index (χ1n) is 9.43. The van der Waals surface area contributed by atoms with Crippen molar-refractivity contribution >= 4 is 5.91 Å². The van der Waals surface area contributed by atoms with Crippen molar-refractivity contribution in [3.63, 3.8) is 0 Å². The highest BCUT2D eigenvalue weighted by Crippen LogP contribution is 2.22. The van der Waals surface area contributed by atoms with E-state index in [9.17, 15) is 4.79 Å². The normalized spacial score (nSPS) is 20.1. The van der Waals surface area contributed by atoms with E-state index in [1.54, 1.807) is 0 Å². The Kier molecular flexibility index (Phi) is 6.13. The zero-order valence-electron chi connectivity index (χ0n) is 14.9. The van der Waals surface area contributed by atoms with Gasteiger partial charge in [-0.1, -0.05) is 18.2 Å². The van der Waals surface area contributed by atoms with E-state index in [2.05, 4.69) is 22.8 Å². The fourth-order valence-corrected chi connectivity index (χ4v) is 3.78. The molecule has 0 unspecified atom stereocenters. The summed E-state index contributed by atoms with van der Waals surface area (Å²) in [4.78, 5) is 17.1. The first-order valence-corrected chi connectivity index (χ1v) is 9.43. The van der Waals surface area contributed by atoms with Crippen molar-refractivity contribution in [2.75, 3.05) is 39.3 Å². The Hall–Kier alpha value is -1.55. The molecule has 2 saturated heterocycles. The Morgan fingerprint density at radius 1 is 1.08 bits per heavy atom. The van der Waals surface area contributed by atoms with Gasteiger partial charge in [-0.25, -0.2) is 0 Å². The van der Waals surface area contributed by atoms with Gasteiger partial charge in [0.05, 0.1) is 0 Å². The third-order valence-electron chi connectivity index (χ3n) is 5.36. The zero-order valence-corrected chi connectivity index (χ0v) is 14.9. The zero-order chi connectivity index (χ0) is 16.8. The van der Waals surface area contributed by atoms with Crippen molar-refractivity contribution in [3.05, 3.63) is 29.8 Å². The fraction of sp³-hybridized carbons (Fsp3) is 0.650. The van der Waals surface area contributed by atoms with E-state index in [1.165, 1.54) is 24.8 Å². The third-order valence-corrected chi connectivity index (χ3v) is 5.36. The van der Waals surface area contributed by atoms with Crippen LogP contribution in [0.4, 0.5) is 0 Å². The lowest BCUT2D eigenvalue weighted by molar-refractivity contribution is -0.138. The maximum atomic E-state index is 12.6. The van der Waals surface area contributed by atoms with Crippen molar-refractivity contribution in [1.29, 1.82) is 0 Å². The Morgan fingerprint density at radius 2 is 1.79 bits per heavy atom. The molecule has 4 nitrogen and oxygen atoms in total. The average molecular weight is 330 g/mol. The Bertz CT molecular complexity index is 532. The maximum absolute atomic E-state index is 12.6. The van der Waals surface area contributed by atoms with E-state index in [-0.39, 0.29) is 5.92 Å². The molecule has 0 aliphatic carbocycles. The van der Waals surface area contributed by atoms with Crippen molar-refractivity contribution in [3.8, 4) is 5.75 Å². The molecule has 0 N–H and O–H groups in total. The molecule has 0 aromatic heterocycles. The lowest BCUT2D eigenvalue weighted by atomic mass is 9.94. The predicted molar refractivity (Wildman–Crippen MR) is 96.3 cm³/mol. The lowest BCUT2D eigenvalue weighted by Gasteiger charge is -2.35. The molecule has 0 spiro atoms. The molecule has 0 atom stereocenters. The van der Waals surface area contributed by atoms with Crippen LogP contribution in [0.25, 0.3) is 0 Å². The minimum absolute atomic E-state index is 0.247. The standard InChI is InChI=1S/C20H30N2O2/c1-17-7-3-4-8-19(17)24-16-15-21-13-9-18(10-14-21)20(23)22-11-5-2-6-12-22/h3-4,7-8,18H,2,5-6,9-16H2,1H3. The second kappa shape index (κ2) is 8.52. The molecule has 0 saturated carbocycles. The number of carbonyl (C=O) groups is 1. The number of hydrogen-bond donors (Lipinski definition) is 0. The lowest BCUT2D eigenvalue weighted by Crippen LogP contribution is -2.45. The van der Waals surface area contributed by atoms with Crippen molar-refractivity contribution in [2.24, 2.45) is 5.92 Å². The topological polar surface area (TPSA) is 32.8 Å². The number of carbonyl (C=O) groups excluding carboxylic acids is 1. The minimum Gasteiger partial charge on any atom is -0.492 e. The minimum atomic E-state index is 0.247. The summed E-state index contributed by atoms with van der Waals surface area (Å²) >= 11 is 0. The number of piperidine rings is 2. The van der Waals surface area contributed by atoms with Crippen molar-refractivity contribution in [2.45, 2.75) is 39.0 Å². The number of para-hydroxylation sites is 1. The van der Waals surface area contributed by atoms with Gasteiger partial charge in [0, 0.05) is 25.6 Å². The summed E-state index contributed by atoms with van der Waals surface area (Å²) in [5, 5.41) is 0. The number of aryl methyl sites for hydroxylation is 1. The van der Waals surface area contributed by atoms with Crippen LogP contribution >= 0.6 is 0 Å². The first-order chi connectivity index (χ1) is 11.7. The van der Waals surface area contributed by atoms with Gasteiger partial charge in [0.1, 0.15) is 12.4 Å². The molecule has 1 aromatic rings. The maximum Gasteiger partial charge on any atom is 0.225 e. The van der Waals surface area contributed by atoms with Gasteiger partial charge in [0.25, 0.3) is 0 Å². The van der Waals surface area contributed by atoms with Gasteiger partial charge in [0.2, 0.25) is 5.91 Å². The van der Waals surface area contributed by atoms with Crippen LogP contribution in [0.2, 0.25) is 0 Å². The van der Waals surface area contributed by atoms with E-state index in [0.717, 1.165) is 57.9 Å². The molecule has 4 heteroatoms. The van der Waals surface area contributed by atoms with Gasteiger partial charge in [-0.3, -0.25) is 9.69 Å². The number of ether oxygens (including phenoxy) is 1. The first kappa shape index (κ1) is 17.3. The average Bonchev–Trinajstić information content (AvgIpc) is 2.64. The van der Waals surface area contributed by atoms with Crippen LogP contribution in [0, 0.1) is 12.8 Å². The van der Waals surface area contributed by atoms with Gasteiger partial charge in [-0.2, -0.15) is 0 Å². The molecule has 2 heterocycles.